The first-order valence-corrected chi connectivity index (χ1v) is 11.7. The molecule has 0 aliphatic heterocycles. The fourth-order valence-corrected chi connectivity index (χ4v) is 4.72. The van der Waals surface area contributed by atoms with Gasteiger partial charge in [-0.2, -0.15) is 0 Å². The van der Waals surface area contributed by atoms with Gasteiger partial charge in [0.1, 0.15) is 5.75 Å². The molecule has 0 aromatic heterocycles. The molecule has 8 heteroatoms. The van der Waals surface area contributed by atoms with Crippen molar-refractivity contribution in [3.8, 4) is 5.75 Å². The Morgan fingerprint density at radius 3 is 2.19 bits per heavy atom. The highest BCUT2D eigenvalue weighted by atomic mass is 35.5. The number of halogens is 1. The predicted octanol–water partition coefficient (Wildman–Crippen LogP) is 5.11. The van der Waals surface area contributed by atoms with Crippen LogP contribution < -0.4 is 14.4 Å². The molecule has 0 fully saturated rings. The molecule has 0 aliphatic carbocycles. The van der Waals surface area contributed by atoms with Crippen LogP contribution in [0.25, 0.3) is 0 Å². The first-order chi connectivity index (χ1) is 15.1. The zero-order valence-corrected chi connectivity index (χ0v) is 19.9. The van der Waals surface area contributed by atoms with Crippen molar-refractivity contribution in [1.29, 1.82) is 0 Å². The van der Waals surface area contributed by atoms with E-state index in [2.05, 4.69) is 5.32 Å². The lowest BCUT2D eigenvalue weighted by Gasteiger charge is -2.20. The first kappa shape index (κ1) is 23.6. The van der Waals surface area contributed by atoms with Gasteiger partial charge < -0.3 is 10.1 Å². The molecular formula is C24H25ClN2O4S. The molecule has 1 N–H and O–H groups in total. The fourth-order valence-electron chi connectivity index (χ4n) is 3.16. The standard InChI is InChI=1S/C24H25ClN2O4S/c1-16-5-11-21(12-6-16)32(29,30)27(4)19-7-9-20(10-8-19)31-15-23(28)26-24-18(3)13-17(2)14-22(24)25/h5-14H,15H2,1-4H3,(H,26,28). The summed E-state index contributed by atoms with van der Waals surface area (Å²) < 4.78 is 32.4. The normalized spacial score (nSPS) is 11.2. The number of nitrogens with zero attached hydrogens (tertiary/aromatic N) is 1. The van der Waals surface area contributed by atoms with E-state index in [4.69, 9.17) is 16.3 Å². The Morgan fingerprint density at radius 1 is 0.969 bits per heavy atom. The maximum atomic E-state index is 12.8. The van der Waals surface area contributed by atoms with Crippen LogP contribution in [0.5, 0.6) is 5.75 Å². The van der Waals surface area contributed by atoms with Gasteiger partial charge in [-0.05, 0) is 74.4 Å². The summed E-state index contributed by atoms with van der Waals surface area (Å²) in [6.07, 6.45) is 0. The number of sulfonamides is 1. The quantitative estimate of drug-likeness (QED) is 0.518. The lowest BCUT2D eigenvalue weighted by atomic mass is 10.1. The Morgan fingerprint density at radius 2 is 1.59 bits per heavy atom. The zero-order valence-electron chi connectivity index (χ0n) is 18.3. The van der Waals surface area contributed by atoms with Crippen molar-refractivity contribution in [3.63, 3.8) is 0 Å². The van der Waals surface area contributed by atoms with E-state index in [1.54, 1.807) is 54.6 Å². The second-order valence-electron chi connectivity index (χ2n) is 7.55. The van der Waals surface area contributed by atoms with Gasteiger partial charge in [0.25, 0.3) is 15.9 Å². The SMILES string of the molecule is Cc1ccc(S(=O)(=O)N(C)c2ccc(OCC(=O)Nc3c(C)cc(C)cc3Cl)cc2)cc1. The fraction of sp³-hybridized carbons (Fsp3) is 0.208. The highest BCUT2D eigenvalue weighted by Gasteiger charge is 2.21. The molecule has 0 saturated heterocycles. The van der Waals surface area contributed by atoms with Gasteiger partial charge in [-0.25, -0.2) is 8.42 Å². The molecule has 0 saturated carbocycles. The van der Waals surface area contributed by atoms with Crippen molar-refractivity contribution in [2.45, 2.75) is 25.7 Å². The molecule has 0 atom stereocenters. The number of benzene rings is 3. The van der Waals surface area contributed by atoms with Crippen LogP contribution in [0.4, 0.5) is 11.4 Å². The van der Waals surface area contributed by atoms with Gasteiger partial charge in [0.05, 0.1) is 21.3 Å². The Bertz CT molecular complexity index is 1200. The first-order valence-electron chi connectivity index (χ1n) is 9.93. The number of rotatable bonds is 7. The minimum atomic E-state index is -3.68. The number of carbonyl (C=O) groups excluding carboxylic acids is 1. The van der Waals surface area contributed by atoms with Gasteiger partial charge in [-0.1, -0.05) is 35.4 Å². The lowest BCUT2D eigenvalue weighted by Crippen LogP contribution is -2.26. The van der Waals surface area contributed by atoms with E-state index in [-0.39, 0.29) is 17.4 Å². The van der Waals surface area contributed by atoms with Crippen LogP contribution in [0.3, 0.4) is 0 Å². The van der Waals surface area contributed by atoms with Crippen LogP contribution in [0.1, 0.15) is 16.7 Å². The van der Waals surface area contributed by atoms with Crippen LogP contribution in [0.15, 0.2) is 65.6 Å². The number of amides is 1. The van der Waals surface area contributed by atoms with Crippen molar-refractivity contribution in [2.75, 3.05) is 23.3 Å². The van der Waals surface area contributed by atoms with Gasteiger partial charge in [-0.15, -0.1) is 0 Å². The molecule has 32 heavy (non-hydrogen) atoms. The van der Waals surface area contributed by atoms with Crippen molar-refractivity contribution < 1.29 is 17.9 Å². The molecule has 0 unspecified atom stereocenters. The number of ether oxygens (including phenoxy) is 1. The average molecular weight is 473 g/mol. The Balaban J connectivity index is 1.63. The molecule has 3 aromatic carbocycles. The maximum absolute atomic E-state index is 12.8. The molecule has 6 nitrogen and oxygen atoms in total. The summed E-state index contributed by atoms with van der Waals surface area (Å²) in [4.78, 5) is 12.5. The second kappa shape index (κ2) is 9.63. The number of anilines is 2. The highest BCUT2D eigenvalue weighted by molar-refractivity contribution is 7.92. The van der Waals surface area contributed by atoms with Crippen LogP contribution >= 0.6 is 11.6 Å². The number of carbonyl (C=O) groups is 1. The van der Waals surface area contributed by atoms with Gasteiger partial charge >= 0.3 is 0 Å². The van der Waals surface area contributed by atoms with E-state index in [1.165, 1.54) is 11.4 Å². The molecule has 0 aliphatic rings. The van der Waals surface area contributed by atoms with E-state index >= 15 is 0 Å². The third kappa shape index (κ3) is 5.41. The number of hydrogen-bond donors (Lipinski definition) is 1. The monoisotopic (exact) mass is 472 g/mol. The summed E-state index contributed by atoms with van der Waals surface area (Å²) in [7, 11) is -2.19. The lowest BCUT2D eigenvalue weighted by molar-refractivity contribution is -0.118. The minimum Gasteiger partial charge on any atom is -0.484 e. The molecule has 0 heterocycles. The van der Waals surface area contributed by atoms with E-state index < -0.39 is 10.0 Å². The molecule has 1 amide bonds. The highest BCUT2D eigenvalue weighted by Crippen LogP contribution is 2.28. The van der Waals surface area contributed by atoms with Gasteiger partial charge in [0.15, 0.2) is 6.61 Å². The van der Waals surface area contributed by atoms with E-state index in [9.17, 15) is 13.2 Å². The second-order valence-corrected chi connectivity index (χ2v) is 9.93. The third-order valence-corrected chi connectivity index (χ3v) is 7.04. The van der Waals surface area contributed by atoms with Crippen molar-refractivity contribution in [2.24, 2.45) is 0 Å². The Labute approximate surface area is 193 Å². The van der Waals surface area contributed by atoms with Crippen molar-refractivity contribution in [1.82, 2.24) is 0 Å². The van der Waals surface area contributed by atoms with E-state index in [0.717, 1.165) is 16.7 Å². The molecule has 0 spiro atoms. The van der Waals surface area contributed by atoms with Crippen LogP contribution in [0.2, 0.25) is 5.02 Å². The topological polar surface area (TPSA) is 75.7 Å². The summed E-state index contributed by atoms with van der Waals surface area (Å²) in [5, 5.41) is 3.23. The van der Waals surface area contributed by atoms with Crippen LogP contribution in [-0.2, 0) is 14.8 Å². The smallest absolute Gasteiger partial charge is 0.264 e. The summed E-state index contributed by atoms with van der Waals surface area (Å²) in [5.74, 6) is 0.0961. The van der Waals surface area contributed by atoms with E-state index in [0.29, 0.717) is 22.1 Å². The third-order valence-electron chi connectivity index (χ3n) is 4.95. The largest absolute Gasteiger partial charge is 0.484 e. The molecule has 0 bridgehead atoms. The molecule has 3 aromatic rings. The van der Waals surface area contributed by atoms with E-state index in [1.807, 2.05) is 26.8 Å². The van der Waals surface area contributed by atoms with Gasteiger partial charge in [0, 0.05) is 7.05 Å². The molecule has 168 valence electrons. The van der Waals surface area contributed by atoms with Crippen molar-refractivity contribution >= 4 is 38.9 Å². The predicted molar refractivity (Wildman–Crippen MR) is 128 cm³/mol. The number of nitrogens with one attached hydrogen (secondary N) is 1. The summed E-state index contributed by atoms with van der Waals surface area (Å²) in [6.45, 7) is 5.49. The minimum absolute atomic E-state index is 0.208. The maximum Gasteiger partial charge on any atom is 0.264 e. The molecular weight excluding hydrogens is 448 g/mol. The molecule has 0 radical (unpaired) electrons. The van der Waals surface area contributed by atoms with Crippen LogP contribution in [0, 0.1) is 20.8 Å². The summed E-state index contributed by atoms with van der Waals surface area (Å²) >= 11 is 6.22. The number of hydrogen-bond acceptors (Lipinski definition) is 4. The summed E-state index contributed by atoms with van der Waals surface area (Å²) in [6, 6.07) is 16.9. The number of aryl methyl sites for hydroxylation is 3. The van der Waals surface area contributed by atoms with Gasteiger partial charge in [-0.3, -0.25) is 9.10 Å². The molecule has 3 rings (SSSR count). The average Bonchev–Trinajstić information content (AvgIpc) is 2.75. The van der Waals surface area contributed by atoms with Crippen LogP contribution in [-0.4, -0.2) is 28.0 Å². The summed E-state index contributed by atoms with van der Waals surface area (Å²) in [5.41, 5.74) is 3.90. The zero-order chi connectivity index (χ0) is 23.5. The van der Waals surface area contributed by atoms with Gasteiger partial charge in [0.2, 0.25) is 0 Å². The van der Waals surface area contributed by atoms with Crippen molar-refractivity contribution in [3.05, 3.63) is 82.4 Å². The Hall–Kier alpha value is -3.03. The Kier molecular flexibility index (Phi) is 7.11.